The van der Waals surface area contributed by atoms with Gasteiger partial charge in [0.1, 0.15) is 18.2 Å². The molecule has 1 atom stereocenters. The Morgan fingerprint density at radius 3 is 3.13 bits per heavy atom. The van der Waals surface area contributed by atoms with Gasteiger partial charge >= 0.3 is 0 Å². The Labute approximate surface area is 88.3 Å². The molecule has 80 valence electrons. The molecule has 1 saturated heterocycles. The first kappa shape index (κ1) is 9.89. The maximum Gasteiger partial charge on any atom is 0.242 e. The van der Waals surface area contributed by atoms with Crippen molar-refractivity contribution in [1.82, 2.24) is 15.3 Å². The standard InChI is InChI=1S/C10H14N4O/c1-7-5-9(13-6-12-7)14-8-3-2-4-11-10(8)15/h5-6,8H,2-4H2,1H3,(H,11,15)(H,12,13,14). The van der Waals surface area contributed by atoms with Gasteiger partial charge in [-0.15, -0.1) is 0 Å². The molecular formula is C10H14N4O. The normalized spacial score (nSPS) is 20.9. The van der Waals surface area contributed by atoms with E-state index in [4.69, 9.17) is 0 Å². The average molecular weight is 206 g/mol. The molecule has 1 aliphatic heterocycles. The zero-order valence-electron chi connectivity index (χ0n) is 8.66. The van der Waals surface area contributed by atoms with Crippen molar-refractivity contribution in [3.63, 3.8) is 0 Å². The summed E-state index contributed by atoms with van der Waals surface area (Å²) in [7, 11) is 0. The molecule has 0 spiro atoms. The molecule has 1 aromatic rings. The van der Waals surface area contributed by atoms with E-state index < -0.39 is 0 Å². The molecule has 0 saturated carbocycles. The van der Waals surface area contributed by atoms with E-state index in [2.05, 4.69) is 20.6 Å². The summed E-state index contributed by atoms with van der Waals surface area (Å²) in [5.74, 6) is 0.766. The third-order valence-electron chi connectivity index (χ3n) is 2.41. The maximum absolute atomic E-state index is 11.5. The van der Waals surface area contributed by atoms with Gasteiger partial charge in [0, 0.05) is 18.3 Å². The van der Waals surface area contributed by atoms with Crippen LogP contribution >= 0.6 is 0 Å². The number of nitrogens with one attached hydrogen (secondary N) is 2. The van der Waals surface area contributed by atoms with Gasteiger partial charge in [-0.3, -0.25) is 4.79 Å². The van der Waals surface area contributed by atoms with Crippen molar-refractivity contribution in [2.45, 2.75) is 25.8 Å². The van der Waals surface area contributed by atoms with E-state index in [0.717, 1.165) is 25.1 Å². The van der Waals surface area contributed by atoms with Gasteiger partial charge in [0.25, 0.3) is 0 Å². The number of nitrogens with zero attached hydrogens (tertiary/aromatic N) is 2. The number of anilines is 1. The molecule has 0 aliphatic carbocycles. The van der Waals surface area contributed by atoms with Gasteiger partial charge in [-0.1, -0.05) is 0 Å². The van der Waals surface area contributed by atoms with Gasteiger partial charge in [0.2, 0.25) is 5.91 Å². The average Bonchev–Trinajstić information content (AvgIpc) is 2.22. The molecule has 1 amide bonds. The monoisotopic (exact) mass is 206 g/mol. The molecule has 2 heterocycles. The lowest BCUT2D eigenvalue weighted by Crippen LogP contribution is -2.44. The van der Waals surface area contributed by atoms with Crippen molar-refractivity contribution in [3.8, 4) is 0 Å². The van der Waals surface area contributed by atoms with E-state index in [1.165, 1.54) is 6.33 Å². The molecule has 2 rings (SSSR count). The number of carbonyl (C=O) groups excluding carboxylic acids is 1. The number of aromatic nitrogens is 2. The second-order valence-corrected chi connectivity index (χ2v) is 3.67. The van der Waals surface area contributed by atoms with E-state index in [1.807, 2.05) is 13.0 Å². The first-order chi connectivity index (χ1) is 7.25. The van der Waals surface area contributed by atoms with Crippen LogP contribution in [0.3, 0.4) is 0 Å². The Morgan fingerprint density at radius 2 is 2.40 bits per heavy atom. The summed E-state index contributed by atoms with van der Waals surface area (Å²) in [6.07, 6.45) is 3.36. The molecule has 1 fully saturated rings. The van der Waals surface area contributed by atoms with Crippen LogP contribution in [0.2, 0.25) is 0 Å². The predicted octanol–water partition coefficient (Wildman–Crippen LogP) is 0.476. The lowest BCUT2D eigenvalue weighted by molar-refractivity contribution is -0.123. The minimum atomic E-state index is -0.159. The van der Waals surface area contributed by atoms with Crippen LogP contribution in [0.4, 0.5) is 5.82 Å². The molecule has 0 bridgehead atoms. The zero-order valence-corrected chi connectivity index (χ0v) is 8.66. The molecule has 0 radical (unpaired) electrons. The molecule has 1 unspecified atom stereocenters. The zero-order chi connectivity index (χ0) is 10.7. The lowest BCUT2D eigenvalue weighted by Gasteiger charge is -2.23. The Morgan fingerprint density at radius 1 is 1.53 bits per heavy atom. The number of hydrogen-bond acceptors (Lipinski definition) is 4. The third-order valence-corrected chi connectivity index (χ3v) is 2.41. The van der Waals surface area contributed by atoms with E-state index in [-0.39, 0.29) is 11.9 Å². The van der Waals surface area contributed by atoms with Gasteiger partial charge in [-0.2, -0.15) is 0 Å². The van der Waals surface area contributed by atoms with Crippen molar-refractivity contribution < 1.29 is 4.79 Å². The smallest absolute Gasteiger partial charge is 0.242 e. The molecule has 0 aromatic carbocycles. The summed E-state index contributed by atoms with van der Waals surface area (Å²) < 4.78 is 0. The van der Waals surface area contributed by atoms with Gasteiger partial charge < -0.3 is 10.6 Å². The second-order valence-electron chi connectivity index (χ2n) is 3.67. The molecule has 1 aliphatic rings. The number of amides is 1. The summed E-state index contributed by atoms with van der Waals surface area (Å²) in [6.45, 7) is 2.67. The Balaban J connectivity index is 2.04. The third kappa shape index (κ3) is 2.43. The lowest BCUT2D eigenvalue weighted by atomic mass is 10.1. The molecule has 2 N–H and O–H groups in total. The quantitative estimate of drug-likeness (QED) is 0.738. The summed E-state index contributed by atoms with van der Waals surface area (Å²) in [6, 6.07) is 1.68. The van der Waals surface area contributed by atoms with Crippen molar-refractivity contribution in [2.75, 3.05) is 11.9 Å². The fraction of sp³-hybridized carbons (Fsp3) is 0.500. The van der Waals surface area contributed by atoms with E-state index in [1.54, 1.807) is 0 Å². The molecule has 5 nitrogen and oxygen atoms in total. The van der Waals surface area contributed by atoms with Crippen LogP contribution in [0.15, 0.2) is 12.4 Å². The van der Waals surface area contributed by atoms with Crippen LogP contribution in [0.5, 0.6) is 0 Å². The number of rotatable bonds is 2. The van der Waals surface area contributed by atoms with Crippen LogP contribution in [0, 0.1) is 6.92 Å². The molecule has 5 heteroatoms. The summed E-state index contributed by atoms with van der Waals surface area (Å²) in [5, 5.41) is 5.93. The van der Waals surface area contributed by atoms with Gasteiger partial charge in [-0.25, -0.2) is 9.97 Å². The van der Waals surface area contributed by atoms with Crippen LogP contribution in [0.1, 0.15) is 18.5 Å². The fourth-order valence-electron chi connectivity index (χ4n) is 1.62. The van der Waals surface area contributed by atoms with Crippen molar-refractivity contribution in [1.29, 1.82) is 0 Å². The van der Waals surface area contributed by atoms with Gasteiger partial charge in [0.15, 0.2) is 0 Å². The first-order valence-corrected chi connectivity index (χ1v) is 5.08. The summed E-state index contributed by atoms with van der Waals surface area (Å²) in [5.41, 5.74) is 0.892. The number of carbonyl (C=O) groups is 1. The van der Waals surface area contributed by atoms with Gasteiger partial charge in [0.05, 0.1) is 0 Å². The van der Waals surface area contributed by atoms with Crippen LogP contribution < -0.4 is 10.6 Å². The number of aryl methyl sites for hydroxylation is 1. The van der Waals surface area contributed by atoms with E-state index >= 15 is 0 Å². The van der Waals surface area contributed by atoms with Crippen molar-refractivity contribution in [3.05, 3.63) is 18.1 Å². The molecule has 15 heavy (non-hydrogen) atoms. The molecular weight excluding hydrogens is 192 g/mol. The van der Waals surface area contributed by atoms with E-state index in [9.17, 15) is 4.79 Å². The Hall–Kier alpha value is -1.65. The van der Waals surface area contributed by atoms with Crippen LogP contribution in [0.25, 0.3) is 0 Å². The van der Waals surface area contributed by atoms with Crippen molar-refractivity contribution >= 4 is 11.7 Å². The SMILES string of the molecule is Cc1cc(NC2CCCNC2=O)ncn1. The number of hydrogen-bond donors (Lipinski definition) is 2. The van der Waals surface area contributed by atoms with Crippen LogP contribution in [-0.4, -0.2) is 28.5 Å². The summed E-state index contributed by atoms with van der Waals surface area (Å²) in [4.78, 5) is 19.5. The minimum Gasteiger partial charge on any atom is -0.358 e. The first-order valence-electron chi connectivity index (χ1n) is 5.08. The molecule has 1 aromatic heterocycles. The highest BCUT2D eigenvalue weighted by atomic mass is 16.2. The van der Waals surface area contributed by atoms with E-state index in [0.29, 0.717) is 5.82 Å². The largest absolute Gasteiger partial charge is 0.358 e. The Kier molecular flexibility index (Phi) is 2.80. The highest BCUT2D eigenvalue weighted by Gasteiger charge is 2.21. The highest BCUT2D eigenvalue weighted by molar-refractivity contribution is 5.84. The van der Waals surface area contributed by atoms with Crippen LogP contribution in [-0.2, 0) is 4.79 Å². The number of piperidine rings is 1. The summed E-state index contributed by atoms with van der Waals surface area (Å²) >= 11 is 0. The predicted molar refractivity (Wildman–Crippen MR) is 56.4 cm³/mol. The fourth-order valence-corrected chi connectivity index (χ4v) is 1.62. The second kappa shape index (κ2) is 4.25. The topological polar surface area (TPSA) is 66.9 Å². The highest BCUT2D eigenvalue weighted by Crippen LogP contribution is 2.10. The Bertz CT molecular complexity index is 366. The van der Waals surface area contributed by atoms with Gasteiger partial charge in [-0.05, 0) is 19.8 Å². The minimum absolute atomic E-state index is 0.0533. The maximum atomic E-state index is 11.5. The van der Waals surface area contributed by atoms with Crippen molar-refractivity contribution in [2.24, 2.45) is 0 Å².